The summed E-state index contributed by atoms with van der Waals surface area (Å²) in [5.41, 5.74) is 4.91. The average Bonchev–Trinajstić information content (AvgIpc) is 2.64. The van der Waals surface area contributed by atoms with Crippen LogP contribution in [0.4, 0.5) is 15.8 Å². The summed E-state index contributed by atoms with van der Waals surface area (Å²) in [5.74, 6) is -0.263. The lowest BCUT2D eigenvalue weighted by atomic mass is 10.0. The Morgan fingerprint density at radius 1 is 1.11 bits per heavy atom. The number of likely N-dealkylation sites (tertiary alicyclic amines) is 1. The van der Waals surface area contributed by atoms with Gasteiger partial charge in [-0.3, -0.25) is 9.78 Å². The van der Waals surface area contributed by atoms with Crippen molar-refractivity contribution in [2.75, 3.05) is 30.8 Å². The van der Waals surface area contributed by atoms with E-state index < -0.39 is 0 Å². The molecule has 1 saturated heterocycles. The standard InChI is InChI=1S/C13H21N3.C8H8FNO/c1-10-8-14-9-11(2)13(10)15-12-4-6-16(3)7-5-12;1-6-4-7(10-5-11)2-3-8(6)9/h8-9,12H,4-7H2,1-3H3,(H,14,15);2-5H,1H3,(H,10,11). The number of piperidine rings is 1. The predicted octanol–water partition coefficient (Wildman–Crippen LogP) is 3.91. The Bertz CT molecular complexity index is 738. The second kappa shape index (κ2) is 10.0. The van der Waals surface area contributed by atoms with Crippen molar-refractivity contribution >= 4 is 17.8 Å². The Balaban J connectivity index is 0.000000208. The number of aryl methyl sites for hydroxylation is 3. The highest BCUT2D eigenvalue weighted by Crippen LogP contribution is 2.22. The summed E-state index contributed by atoms with van der Waals surface area (Å²) < 4.78 is 12.6. The van der Waals surface area contributed by atoms with Gasteiger partial charge in [-0.05, 0) is 88.6 Å². The van der Waals surface area contributed by atoms with Gasteiger partial charge in [0.05, 0.1) is 0 Å². The first kappa shape index (κ1) is 20.8. The number of benzene rings is 1. The number of anilines is 2. The maximum Gasteiger partial charge on any atom is 0.211 e. The Kier molecular flexibility index (Phi) is 7.73. The molecular formula is C21H29FN4O. The number of carbonyl (C=O) groups is 1. The van der Waals surface area contributed by atoms with Crippen molar-refractivity contribution in [3.8, 4) is 0 Å². The summed E-state index contributed by atoms with van der Waals surface area (Å²) in [6.07, 6.45) is 6.90. The van der Waals surface area contributed by atoms with Gasteiger partial charge in [0.15, 0.2) is 0 Å². The van der Waals surface area contributed by atoms with Crippen LogP contribution in [-0.4, -0.2) is 42.5 Å². The number of pyridine rings is 1. The third-order valence-electron chi connectivity index (χ3n) is 4.78. The van der Waals surface area contributed by atoms with Crippen molar-refractivity contribution in [1.29, 1.82) is 0 Å². The predicted molar refractivity (Wildman–Crippen MR) is 109 cm³/mol. The van der Waals surface area contributed by atoms with E-state index >= 15 is 0 Å². The fourth-order valence-corrected chi connectivity index (χ4v) is 3.09. The first-order valence-corrected chi connectivity index (χ1v) is 9.23. The molecule has 0 saturated carbocycles. The number of carbonyl (C=O) groups excluding carboxylic acids is 1. The van der Waals surface area contributed by atoms with Crippen molar-refractivity contribution < 1.29 is 9.18 Å². The zero-order valence-electron chi connectivity index (χ0n) is 16.6. The van der Waals surface area contributed by atoms with E-state index in [2.05, 4.69) is 41.4 Å². The molecule has 1 amide bonds. The van der Waals surface area contributed by atoms with E-state index in [9.17, 15) is 9.18 Å². The number of aromatic nitrogens is 1. The molecular weight excluding hydrogens is 343 g/mol. The van der Waals surface area contributed by atoms with Crippen LogP contribution in [0.5, 0.6) is 0 Å². The van der Waals surface area contributed by atoms with Crippen molar-refractivity contribution in [2.45, 2.75) is 39.7 Å². The minimum atomic E-state index is -0.263. The molecule has 27 heavy (non-hydrogen) atoms. The van der Waals surface area contributed by atoms with E-state index in [4.69, 9.17) is 0 Å². The molecule has 2 aromatic rings. The lowest BCUT2D eigenvalue weighted by Gasteiger charge is -2.31. The fraction of sp³-hybridized carbons (Fsp3) is 0.429. The summed E-state index contributed by atoms with van der Waals surface area (Å²) in [7, 11) is 2.19. The SMILES string of the molecule is Cc1cc(NC=O)ccc1F.Cc1cncc(C)c1NC1CCN(C)CC1. The van der Waals surface area contributed by atoms with Crippen molar-refractivity contribution in [1.82, 2.24) is 9.88 Å². The minimum absolute atomic E-state index is 0.263. The quantitative estimate of drug-likeness (QED) is 0.799. The number of nitrogens with one attached hydrogen (secondary N) is 2. The molecule has 1 aliphatic heterocycles. The number of hydrogen-bond acceptors (Lipinski definition) is 4. The molecule has 0 radical (unpaired) electrons. The van der Waals surface area contributed by atoms with Crippen LogP contribution in [-0.2, 0) is 4.79 Å². The van der Waals surface area contributed by atoms with Gasteiger partial charge in [0.25, 0.3) is 0 Å². The molecule has 146 valence electrons. The van der Waals surface area contributed by atoms with Crippen LogP contribution >= 0.6 is 0 Å². The molecule has 1 fully saturated rings. The van der Waals surface area contributed by atoms with Crippen LogP contribution in [0.2, 0.25) is 0 Å². The van der Waals surface area contributed by atoms with Crippen LogP contribution in [0.15, 0.2) is 30.6 Å². The summed E-state index contributed by atoms with van der Waals surface area (Å²) in [6.45, 7) is 8.28. The van der Waals surface area contributed by atoms with E-state index in [-0.39, 0.29) is 5.82 Å². The van der Waals surface area contributed by atoms with Crippen LogP contribution in [0.3, 0.4) is 0 Å². The number of nitrogens with zero attached hydrogens (tertiary/aromatic N) is 2. The Labute approximate surface area is 161 Å². The van der Waals surface area contributed by atoms with Gasteiger partial charge in [-0.1, -0.05) is 0 Å². The molecule has 0 unspecified atom stereocenters. The van der Waals surface area contributed by atoms with Gasteiger partial charge in [-0.15, -0.1) is 0 Å². The maximum absolute atomic E-state index is 12.6. The first-order valence-electron chi connectivity index (χ1n) is 9.23. The van der Waals surface area contributed by atoms with Crippen LogP contribution in [0.1, 0.15) is 29.5 Å². The summed E-state index contributed by atoms with van der Waals surface area (Å²) in [5, 5.41) is 6.10. The molecule has 2 heterocycles. The van der Waals surface area contributed by atoms with E-state index in [0.717, 1.165) is 0 Å². The fourth-order valence-electron chi connectivity index (χ4n) is 3.09. The highest BCUT2D eigenvalue weighted by atomic mass is 19.1. The largest absolute Gasteiger partial charge is 0.382 e. The first-order chi connectivity index (χ1) is 12.9. The van der Waals surface area contributed by atoms with Crippen LogP contribution < -0.4 is 10.6 Å². The molecule has 5 nitrogen and oxygen atoms in total. The molecule has 2 N–H and O–H groups in total. The summed E-state index contributed by atoms with van der Waals surface area (Å²) >= 11 is 0. The highest BCUT2D eigenvalue weighted by Gasteiger charge is 2.17. The number of amides is 1. The highest BCUT2D eigenvalue weighted by molar-refractivity contribution is 5.71. The Hall–Kier alpha value is -2.47. The van der Waals surface area contributed by atoms with Crippen molar-refractivity contribution in [2.24, 2.45) is 0 Å². The third-order valence-corrected chi connectivity index (χ3v) is 4.78. The molecule has 1 aliphatic rings. The Morgan fingerprint density at radius 3 is 2.30 bits per heavy atom. The van der Waals surface area contributed by atoms with Gasteiger partial charge >= 0.3 is 0 Å². The monoisotopic (exact) mass is 372 g/mol. The van der Waals surface area contributed by atoms with E-state index in [0.29, 0.717) is 23.7 Å². The molecule has 1 aromatic carbocycles. The lowest BCUT2D eigenvalue weighted by Crippen LogP contribution is -2.37. The van der Waals surface area contributed by atoms with E-state index in [1.807, 2.05) is 12.4 Å². The van der Waals surface area contributed by atoms with E-state index in [1.54, 1.807) is 13.0 Å². The molecule has 1 aromatic heterocycles. The van der Waals surface area contributed by atoms with Gasteiger partial charge in [-0.2, -0.15) is 0 Å². The normalized spacial score (nSPS) is 14.9. The van der Waals surface area contributed by atoms with Crippen LogP contribution in [0, 0.1) is 26.6 Å². The van der Waals surface area contributed by atoms with Gasteiger partial charge in [-0.25, -0.2) is 4.39 Å². The van der Waals surface area contributed by atoms with Gasteiger partial charge in [0, 0.05) is 29.8 Å². The molecule has 0 aliphatic carbocycles. The topological polar surface area (TPSA) is 57.3 Å². The number of rotatable bonds is 4. The minimum Gasteiger partial charge on any atom is -0.382 e. The zero-order valence-corrected chi connectivity index (χ0v) is 16.6. The molecule has 6 heteroatoms. The second-order valence-electron chi connectivity index (χ2n) is 7.10. The summed E-state index contributed by atoms with van der Waals surface area (Å²) in [4.78, 5) is 16.6. The Morgan fingerprint density at radius 2 is 1.74 bits per heavy atom. The molecule has 3 rings (SSSR count). The summed E-state index contributed by atoms with van der Waals surface area (Å²) in [6, 6.07) is 5.03. The van der Waals surface area contributed by atoms with Crippen molar-refractivity contribution in [3.63, 3.8) is 0 Å². The second-order valence-corrected chi connectivity index (χ2v) is 7.10. The number of hydrogen-bond donors (Lipinski definition) is 2. The van der Waals surface area contributed by atoms with Gasteiger partial charge in [0.2, 0.25) is 6.41 Å². The molecule has 0 atom stereocenters. The van der Waals surface area contributed by atoms with E-state index in [1.165, 1.54) is 54.9 Å². The van der Waals surface area contributed by atoms with Gasteiger partial charge in [0.1, 0.15) is 5.82 Å². The van der Waals surface area contributed by atoms with Crippen LogP contribution in [0.25, 0.3) is 0 Å². The number of halogens is 1. The third kappa shape index (κ3) is 6.32. The lowest BCUT2D eigenvalue weighted by molar-refractivity contribution is -0.105. The maximum atomic E-state index is 12.6. The van der Waals surface area contributed by atoms with Crippen molar-refractivity contribution in [3.05, 3.63) is 53.1 Å². The smallest absolute Gasteiger partial charge is 0.211 e. The zero-order chi connectivity index (χ0) is 19.8. The molecule has 0 spiro atoms. The molecule has 0 bridgehead atoms. The average molecular weight is 372 g/mol. The van der Waals surface area contributed by atoms with Gasteiger partial charge < -0.3 is 15.5 Å².